The largest absolute Gasteiger partial charge is 0.489 e. The number of nitrogens with zero attached hydrogens (tertiary/aromatic N) is 5. The lowest BCUT2D eigenvalue weighted by Gasteiger charge is -2.31. The molecule has 2 N–H and O–H groups in total. The third-order valence-corrected chi connectivity index (χ3v) is 6.26. The monoisotopic (exact) mass is 513 g/mol. The van der Waals surface area contributed by atoms with Crippen LogP contribution in [0.15, 0.2) is 27.2 Å². The van der Waals surface area contributed by atoms with Crippen molar-refractivity contribution in [2.45, 2.75) is 31.5 Å². The SMILES string of the molecule is O=C(O)[C@@H](O)Cc1nc(-c2nnc(N3CCC(Oc4cc(F)ccc4Br)CC3)s2)no1. The molecule has 1 fully saturated rings. The van der Waals surface area contributed by atoms with Crippen LogP contribution >= 0.6 is 27.3 Å². The van der Waals surface area contributed by atoms with E-state index in [1.54, 1.807) is 6.07 Å². The number of halogens is 2. The van der Waals surface area contributed by atoms with Crippen molar-refractivity contribution in [3.63, 3.8) is 0 Å². The van der Waals surface area contributed by atoms with Gasteiger partial charge < -0.3 is 24.4 Å². The number of aliphatic hydroxyl groups is 1. The van der Waals surface area contributed by atoms with Gasteiger partial charge in [-0.05, 0) is 28.1 Å². The number of carboxylic acids is 1. The second-order valence-electron chi connectivity index (χ2n) is 6.84. The van der Waals surface area contributed by atoms with E-state index >= 15 is 0 Å². The Bertz CT molecular complexity index is 1070. The Morgan fingerprint density at radius 3 is 2.90 bits per heavy atom. The number of ether oxygens (including phenoxy) is 1. The minimum Gasteiger partial charge on any atom is -0.489 e. The highest BCUT2D eigenvalue weighted by atomic mass is 79.9. The van der Waals surface area contributed by atoms with E-state index in [4.69, 9.17) is 14.4 Å². The standard InChI is InChI=1S/C18H17BrFN5O5S/c19-11-2-1-9(20)7-13(11)29-10-3-5-25(6-4-10)18-23-22-16(31-18)15-21-14(30-24-15)8-12(26)17(27)28/h1-2,7,10,12,26H,3-6,8H2,(H,27,28)/t12-/m0/s1. The second kappa shape index (κ2) is 9.24. The molecule has 31 heavy (non-hydrogen) atoms. The maximum atomic E-state index is 13.4. The van der Waals surface area contributed by atoms with Gasteiger partial charge in [-0.15, -0.1) is 10.2 Å². The average molecular weight is 514 g/mol. The van der Waals surface area contributed by atoms with Crippen molar-refractivity contribution in [3.05, 3.63) is 34.4 Å². The van der Waals surface area contributed by atoms with Crippen LogP contribution in [0.25, 0.3) is 10.8 Å². The molecule has 0 saturated carbocycles. The Morgan fingerprint density at radius 1 is 1.39 bits per heavy atom. The molecule has 1 atom stereocenters. The van der Waals surface area contributed by atoms with E-state index in [9.17, 15) is 14.3 Å². The van der Waals surface area contributed by atoms with E-state index in [2.05, 4.69) is 41.2 Å². The predicted molar refractivity (Wildman–Crippen MR) is 111 cm³/mol. The fourth-order valence-electron chi connectivity index (χ4n) is 3.02. The molecule has 3 heterocycles. The zero-order valence-electron chi connectivity index (χ0n) is 15.9. The van der Waals surface area contributed by atoms with Crippen LogP contribution in [-0.4, -0.2) is 61.8 Å². The summed E-state index contributed by atoms with van der Waals surface area (Å²) >= 11 is 4.65. The molecule has 2 aromatic heterocycles. The van der Waals surface area contributed by atoms with Crippen LogP contribution in [0.3, 0.4) is 0 Å². The summed E-state index contributed by atoms with van der Waals surface area (Å²) in [4.78, 5) is 16.9. The molecule has 0 unspecified atom stereocenters. The van der Waals surface area contributed by atoms with Gasteiger partial charge in [-0.25, -0.2) is 9.18 Å². The average Bonchev–Trinajstić information content (AvgIpc) is 3.41. The molecule has 0 bridgehead atoms. The number of benzene rings is 1. The highest BCUT2D eigenvalue weighted by Gasteiger charge is 2.25. The highest BCUT2D eigenvalue weighted by Crippen LogP contribution is 2.31. The third kappa shape index (κ3) is 5.17. The summed E-state index contributed by atoms with van der Waals surface area (Å²) in [6, 6.07) is 4.35. The van der Waals surface area contributed by atoms with Crippen molar-refractivity contribution in [1.29, 1.82) is 0 Å². The summed E-state index contributed by atoms with van der Waals surface area (Å²) in [6.45, 7) is 1.38. The van der Waals surface area contributed by atoms with Gasteiger partial charge in [-0.3, -0.25) is 0 Å². The lowest BCUT2D eigenvalue weighted by Crippen LogP contribution is -2.38. The van der Waals surface area contributed by atoms with Gasteiger partial charge in [0.1, 0.15) is 17.7 Å². The maximum absolute atomic E-state index is 13.4. The first kappa shape index (κ1) is 21.6. The maximum Gasteiger partial charge on any atom is 0.333 e. The second-order valence-corrected chi connectivity index (χ2v) is 8.65. The number of aliphatic carboxylic acids is 1. The van der Waals surface area contributed by atoms with Gasteiger partial charge in [0.15, 0.2) is 11.1 Å². The topological polar surface area (TPSA) is 135 Å². The van der Waals surface area contributed by atoms with Gasteiger partial charge in [0.25, 0.3) is 0 Å². The van der Waals surface area contributed by atoms with Crippen molar-refractivity contribution in [1.82, 2.24) is 20.3 Å². The molecule has 164 valence electrons. The van der Waals surface area contributed by atoms with E-state index in [1.807, 2.05) is 0 Å². The van der Waals surface area contributed by atoms with Crippen LogP contribution in [0.5, 0.6) is 5.75 Å². The predicted octanol–water partition coefficient (Wildman–Crippen LogP) is 2.53. The number of carboxylic acid groups (broad SMARTS) is 1. The number of anilines is 1. The summed E-state index contributed by atoms with van der Waals surface area (Å²) in [5.74, 6) is -1.04. The molecule has 0 spiro atoms. The number of carbonyl (C=O) groups is 1. The van der Waals surface area contributed by atoms with Crippen LogP contribution in [0.1, 0.15) is 18.7 Å². The van der Waals surface area contributed by atoms with Crippen molar-refractivity contribution in [2.75, 3.05) is 18.0 Å². The van der Waals surface area contributed by atoms with Crippen LogP contribution in [0, 0.1) is 5.82 Å². The van der Waals surface area contributed by atoms with Crippen LogP contribution in [0.2, 0.25) is 0 Å². The van der Waals surface area contributed by atoms with Crippen molar-refractivity contribution in [3.8, 4) is 16.6 Å². The minimum atomic E-state index is -1.62. The van der Waals surface area contributed by atoms with Crippen molar-refractivity contribution in [2.24, 2.45) is 0 Å². The van der Waals surface area contributed by atoms with Gasteiger partial charge in [0, 0.05) is 32.0 Å². The number of rotatable bonds is 7. The minimum absolute atomic E-state index is 0.00289. The number of aliphatic hydroxyl groups excluding tert-OH is 1. The molecular formula is C18H17BrFN5O5S. The van der Waals surface area contributed by atoms with E-state index in [1.165, 1.54) is 23.5 Å². The van der Waals surface area contributed by atoms with Gasteiger partial charge >= 0.3 is 5.97 Å². The Kier molecular flexibility index (Phi) is 6.43. The van der Waals surface area contributed by atoms with Crippen LogP contribution in [0.4, 0.5) is 9.52 Å². The molecule has 1 saturated heterocycles. The smallest absolute Gasteiger partial charge is 0.333 e. The Morgan fingerprint density at radius 2 is 2.16 bits per heavy atom. The van der Waals surface area contributed by atoms with E-state index in [-0.39, 0.29) is 30.1 Å². The van der Waals surface area contributed by atoms with Gasteiger partial charge in [-0.2, -0.15) is 4.98 Å². The highest BCUT2D eigenvalue weighted by molar-refractivity contribution is 9.10. The molecule has 13 heteroatoms. The lowest BCUT2D eigenvalue weighted by molar-refractivity contribution is -0.146. The number of hydrogen-bond acceptors (Lipinski definition) is 10. The van der Waals surface area contributed by atoms with E-state index in [0.29, 0.717) is 33.5 Å². The van der Waals surface area contributed by atoms with E-state index in [0.717, 1.165) is 12.8 Å². The Balaban J connectivity index is 1.35. The fraction of sp³-hybridized carbons (Fsp3) is 0.389. The van der Waals surface area contributed by atoms with Crippen LogP contribution in [-0.2, 0) is 11.2 Å². The normalized spacial score (nSPS) is 15.8. The van der Waals surface area contributed by atoms with Crippen LogP contribution < -0.4 is 9.64 Å². The number of aromatic nitrogens is 4. The molecule has 0 amide bonds. The van der Waals surface area contributed by atoms with Gasteiger partial charge in [0.05, 0.1) is 10.9 Å². The Labute approximate surface area is 187 Å². The molecule has 4 rings (SSSR count). The molecule has 10 nitrogen and oxygen atoms in total. The molecule has 0 aliphatic carbocycles. The summed E-state index contributed by atoms with van der Waals surface area (Å²) in [5, 5.41) is 31.3. The molecule has 1 aliphatic heterocycles. The molecule has 1 aromatic carbocycles. The Hall–Kier alpha value is -2.64. The summed E-state index contributed by atoms with van der Waals surface area (Å²) in [6.07, 6.45) is -0.477. The molecule has 0 radical (unpaired) electrons. The number of hydrogen-bond donors (Lipinski definition) is 2. The molecule has 3 aromatic rings. The van der Waals surface area contributed by atoms with Gasteiger partial charge in [0.2, 0.25) is 16.8 Å². The van der Waals surface area contributed by atoms with Crippen molar-refractivity contribution >= 4 is 38.4 Å². The molecule has 1 aliphatic rings. The summed E-state index contributed by atoms with van der Waals surface area (Å²) in [5.41, 5.74) is 0. The lowest BCUT2D eigenvalue weighted by atomic mass is 10.1. The zero-order chi connectivity index (χ0) is 22.0. The molecular weight excluding hydrogens is 497 g/mol. The van der Waals surface area contributed by atoms with E-state index < -0.39 is 12.1 Å². The zero-order valence-corrected chi connectivity index (χ0v) is 18.3. The quantitative estimate of drug-likeness (QED) is 0.484. The summed E-state index contributed by atoms with van der Waals surface area (Å²) < 4.78 is 25.1. The first-order valence-corrected chi connectivity index (χ1v) is 10.9. The first-order chi connectivity index (χ1) is 14.9. The fourth-order valence-corrected chi connectivity index (χ4v) is 4.19. The third-order valence-electron chi connectivity index (χ3n) is 4.63. The van der Waals surface area contributed by atoms with Gasteiger partial charge in [-0.1, -0.05) is 16.5 Å². The first-order valence-electron chi connectivity index (χ1n) is 9.33. The van der Waals surface area contributed by atoms with Crippen molar-refractivity contribution < 1.29 is 28.7 Å². The number of piperidine rings is 1. The summed E-state index contributed by atoms with van der Waals surface area (Å²) in [7, 11) is 0.